The number of ether oxygens (including phenoxy) is 4. The molecule has 1 atom stereocenters. The standard InChI is InChI=1S/C23H28N2O7S/c1-29-19-9-7-17(14-21(19)30-2)33(27,28)24-15-23(26)25-10-3-5-18(25)16-6-8-20-22(13-16)32-12-4-11-31-20/h6-9,13-14,18,24H,3-5,10-12,15H2,1-2H3/t18-/m1/s1. The first kappa shape index (κ1) is 23.2. The maximum Gasteiger partial charge on any atom is 0.241 e. The van der Waals surface area contributed by atoms with Gasteiger partial charge >= 0.3 is 0 Å². The van der Waals surface area contributed by atoms with Crippen LogP contribution in [-0.4, -0.2) is 59.7 Å². The van der Waals surface area contributed by atoms with Gasteiger partial charge in [-0.25, -0.2) is 13.1 Å². The minimum atomic E-state index is -3.91. The van der Waals surface area contributed by atoms with Gasteiger partial charge in [-0.1, -0.05) is 6.07 Å². The molecule has 1 N–H and O–H groups in total. The largest absolute Gasteiger partial charge is 0.493 e. The molecule has 0 unspecified atom stereocenters. The molecule has 2 heterocycles. The van der Waals surface area contributed by atoms with E-state index in [0.717, 1.165) is 24.8 Å². The SMILES string of the molecule is COc1ccc(S(=O)(=O)NCC(=O)N2CCC[C@@H]2c2ccc3c(c2)OCCCO3)cc1OC. The van der Waals surface area contributed by atoms with Crippen molar-refractivity contribution in [3.8, 4) is 23.0 Å². The van der Waals surface area contributed by atoms with Gasteiger partial charge in [0.15, 0.2) is 23.0 Å². The summed E-state index contributed by atoms with van der Waals surface area (Å²) in [5.74, 6) is 1.81. The molecule has 1 saturated heterocycles. The Balaban J connectivity index is 1.45. The molecule has 0 spiro atoms. The molecule has 0 radical (unpaired) electrons. The number of fused-ring (bicyclic) bond motifs is 1. The van der Waals surface area contributed by atoms with E-state index in [1.54, 1.807) is 4.90 Å². The summed E-state index contributed by atoms with van der Waals surface area (Å²) < 4.78 is 49.7. The minimum absolute atomic E-state index is 0.00572. The van der Waals surface area contributed by atoms with Crippen LogP contribution in [0, 0.1) is 0 Å². The van der Waals surface area contributed by atoms with E-state index in [4.69, 9.17) is 18.9 Å². The van der Waals surface area contributed by atoms with E-state index in [1.807, 2.05) is 18.2 Å². The fourth-order valence-corrected chi connectivity index (χ4v) is 5.11. The fraction of sp³-hybridized carbons (Fsp3) is 0.435. The predicted octanol–water partition coefficient (Wildman–Crippen LogP) is 2.51. The van der Waals surface area contributed by atoms with Crippen LogP contribution in [0.15, 0.2) is 41.3 Å². The number of hydrogen-bond donors (Lipinski definition) is 1. The number of sulfonamides is 1. The first-order chi connectivity index (χ1) is 15.9. The van der Waals surface area contributed by atoms with Crippen LogP contribution in [0.5, 0.6) is 23.0 Å². The van der Waals surface area contributed by atoms with E-state index in [-0.39, 0.29) is 23.4 Å². The van der Waals surface area contributed by atoms with Crippen LogP contribution < -0.4 is 23.7 Å². The number of carbonyl (C=O) groups is 1. The zero-order valence-corrected chi connectivity index (χ0v) is 19.5. The molecule has 2 aliphatic rings. The van der Waals surface area contributed by atoms with Crippen molar-refractivity contribution in [2.24, 2.45) is 0 Å². The monoisotopic (exact) mass is 476 g/mol. The molecule has 9 nitrogen and oxygen atoms in total. The Kier molecular flexibility index (Phi) is 6.94. The van der Waals surface area contributed by atoms with Gasteiger partial charge in [0.25, 0.3) is 0 Å². The summed E-state index contributed by atoms with van der Waals surface area (Å²) in [4.78, 5) is 14.7. The van der Waals surface area contributed by atoms with Crippen LogP contribution in [0.4, 0.5) is 0 Å². The summed E-state index contributed by atoms with van der Waals surface area (Å²) in [6, 6.07) is 9.88. The third-order valence-corrected chi connectivity index (χ3v) is 7.21. The Morgan fingerprint density at radius 1 is 1.03 bits per heavy atom. The Bertz CT molecular complexity index is 1120. The molecule has 0 bridgehead atoms. The lowest BCUT2D eigenvalue weighted by Crippen LogP contribution is -2.39. The van der Waals surface area contributed by atoms with Crippen LogP contribution in [0.3, 0.4) is 0 Å². The number of amides is 1. The van der Waals surface area contributed by atoms with Crippen LogP contribution in [0.25, 0.3) is 0 Å². The number of likely N-dealkylation sites (tertiary alicyclic amines) is 1. The fourth-order valence-electron chi connectivity index (χ4n) is 4.12. The van der Waals surface area contributed by atoms with E-state index in [0.29, 0.717) is 42.8 Å². The zero-order valence-electron chi connectivity index (χ0n) is 18.7. The Labute approximate surface area is 193 Å². The second kappa shape index (κ2) is 9.88. The Morgan fingerprint density at radius 2 is 1.79 bits per heavy atom. The van der Waals surface area contributed by atoms with Crippen molar-refractivity contribution in [3.05, 3.63) is 42.0 Å². The number of benzene rings is 2. The van der Waals surface area contributed by atoms with Crippen molar-refractivity contribution < 1.29 is 32.2 Å². The molecular formula is C23H28N2O7S. The lowest BCUT2D eigenvalue weighted by molar-refractivity contribution is -0.130. The van der Waals surface area contributed by atoms with Crippen molar-refractivity contribution in [3.63, 3.8) is 0 Å². The Hall–Kier alpha value is -2.98. The summed E-state index contributed by atoms with van der Waals surface area (Å²) >= 11 is 0. The van der Waals surface area contributed by atoms with E-state index >= 15 is 0 Å². The zero-order chi connectivity index (χ0) is 23.4. The maximum atomic E-state index is 13.0. The van der Waals surface area contributed by atoms with Gasteiger partial charge in [0.2, 0.25) is 15.9 Å². The second-order valence-electron chi connectivity index (χ2n) is 7.84. The highest BCUT2D eigenvalue weighted by atomic mass is 32.2. The van der Waals surface area contributed by atoms with Crippen LogP contribution in [-0.2, 0) is 14.8 Å². The van der Waals surface area contributed by atoms with Crippen LogP contribution >= 0.6 is 0 Å². The predicted molar refractivity (Wildman–Crippen MR) is 120 cm³/mol. The molecule has 2 aromatic carbocycles. The number of methoxy groups -OCH3 is 2. The molecule has 2 aliphatic heterocycles. The number of nitrogens with one attached hydrogen (secondary N) is 1. The number of hydrogen-bond acceptors (Lipinski definition) is 7. The maximum absolute atomic E-state index is 13.0. The van der Waals surface area contributed by atoms with Crippen LogP contribution in [0.2, 0.25) is 0 Å². The normalized spacial score (nSPS) is 18.0. The molecule has 1 amide bonds. The quantitative estimate of drug-likeness (QED) is 0.655. The topological polar surface area (TPSA) is 103 Å². The van der Waals surface area contributed by atoms with Gasteiger partial charge in [-0.05, 0) is 42.7 Å². The van der Waals surface area contributed by atoms with Gasteiger partial charge in [0.1, 0.15) is 0 Å². The molecule has 4 rings (SSSR count). The highest BCUT2D eigenvalue weighted by Crippen LogP contribution is 2.38. The second-order valence-corrected chi connectivity index (χ2v) is 9.61. The first-order valence-corrected chi connectivity index (χ1v) is 12.3. The van der Waals surface area contributed by atoms with Gasteiger partial charge in [-0.15, -0.1) is 0 Å². The highest BCUT2D eigenvalue weighted by Gasteiger charge is 2.31. The van der Waals surface area contributed by atoms with E-state index in [9.17, 15) is 13.2 Å². The van der Waals surface area contributed by atoms with E-state index in [1.165, 1.54) is 32.4 Å². The number of carbonyl (C=O) groups excluding carboxylic acids is 1. The van der Waals surface area contributed by atoms with Gasteiger partial charge in [-0.3, -0.25) is 4.79 Å². The van der Waals surface area contributed by atoms with Crippen molar-refractivity contribution >= 4 is 15.9 Å². The summed E-state index contributed by atoms with van der Waals surface area (Å²) in [5, 5.41) is 0. The molecule has 2 aromatic rings. The van der Waals surface area contributed by atoms with Gasteiger partial charge in [-0.2, -0.15) is 0 Å². The highest BCUT2D eigenvalue weighted by molar-refractivity contribution is 7.89. The molecule has 0 saturated carbocycles. The third-order valence-electron chi connectivity index (χ3n) is 5.81. The minimum Gasteiger partial charge on any atom is -0.493 e. The molecule has 0 aromatic heterocycles. The number of nitrogens with zero attached hydrogens (tertiary/aromatic N) is 1. The van der Waals surface area contributed by atoms with E-state index in [2.05, 4.69) is 4.72 Å². The van der Waals surface area contributed by atoms with Gasteiger partial charge < -0.3 is 23.8 Å². The van der Waals surface area contributed by atoms with Crippen molar-refractivity contribution in [1.29, 1.82) is 0 Å². The number of rotatable bonds is 7. The summed E-state index contributed by atoms with van der Waals surface area (Å²) in [7, 11) is -1.01. The average molecular weight is 477 g/mol. The molecule has 10 heteroatoms. The molecule has 33 heavy (non-hydrogen) atoms. The first-order valence-electron chi connectivity index (χ1n) is 10.8. The van der Waals surface area contributed by atoms with Crippen molar-refractivity contribution in [2.45, 2.75) is 30.2 Å². The molecule has 178 valence electrons. The Morgan fingerprint density at radius 3 is 2.55 bits per heavy atom. The van der Waals surface area contributed by atoms with E-state index < -0.39 is 10.0 Å². The lowest BCUT2D eigenvalue weighted by atomic mass is 10.0. The lowest BCUT2D eigenvalue weighted by Gasteiger charge is -2.26. The average Bonchev–Trinajstić information content (AvgIpc) is 3.20. The van der Waals surface area contributed by atoms with Gasteiger partial charge in [0, 0.05) is 19.0 Å². The smallest absolute Gasteiger partial charge is 0.241 e. The summed E-state index contributed by atoms with van der Waals surface area (Å²) in [6.07, 6.45) is 2.46. The summed E-state index contributed by atoms with van der Waals surface area (Å²) in [6.45, 7) is 1.43. The van der Waals surface area contributed by atoms with Crippen LogP contribution in [0.1, 0.15) is 30.9 Å². The summed E-state index contributed by atoms with van der Waals surface area (Å²) in [5.41, 5.74) is 0.952. The molecular weight excluding hydrogens is 448 g/mol. The van der Waals surface area contributed by atoms with Crippen molar-refractivity contribution in [2.75, 3.05) is 40.5 Å². The molecule has 0 aliphatic carbocycles. The third kappa shape index (κ3) is 5.01. The van der Waals surface area contributed by atoms with Gasteiger partial charge in [0.05, 0.1) is 44.9 Å². The molecule has 1 fully saturated rings. The van der Waals surface area contributed by atoms with Crippen molar-refractivity contribution in [1.82, 2.24) is 9.62 Å².